The first-order chi connectivity index (χ1) is 10.1. The van der Waals surface area contributed by atoms with E-state index in [4.69, 9.17) is 0 Å². The second-order valence-corrected chi connectivity index (χ2v) is 5.30. The van der Waals surface area contributed by atoms with Crippen LogP contribution in [0.25, 0.3) is 5.78 Å². The minimum absolute atomic E-state index is 0.621. The molecule has 3 rings (SSSR count). The van der Waals surface area contributed by atoms with Crippen LogP contribution in [-0.4, -0.2) is 19.6 Å². The van der Waals surface area contributed by atoms with Gasteiger partial charge in [0, 0.05) is 16.9 Å². The summed E-state index contributed by atoms with van der Waals surface area (Å²) in [5.74, 6) is 1.62. The second-order valence-electron chi connectivity index (χ2n) is 5.30. The third-order valence-electron chi connectivity index (χ3n) is 3.88. The minimum atomic E-state index is 0.621. The molecule has 0 aliphatic carbocycles. The van der Waals surface area contributed by atoms with Gasteiger partial charge < -0.3 is 5.32 Å². The fourth-order valence-electron chi connectivity index (χ4n) is 2.51. The zero-order chi connectivity index (χ0) is 15.0. The van der Waals surface area contributed by atoms with Gasteiger partial charge in [-0.25, -0.2) is 4.98 Å². The maximum Gasteiger partial charge on any atom is 0.256 e. The Morgan fingerprint density at radius 1 is 1.14 bits per heavy atom. The number of nitrogens with one attached hydrogen (secondary N) is 1. The molecule has 0 saturated heterocycles. The predicted octanol–water partition coefficient (Wildman–Crippen LogP) is 3.36. The Bertz CT molecular complexity index is 804. The first kappa shape index (κ1) is 13.5. The number of fused-ring (bicyclic) bond motifs is 1. The fourth-order valence-corrected chi connectivity index (χ4v) is 2.51. The molecule has 0 atom stereocenters. The van der Waals surface area contributed by atoms with E-state index in [0.717, 1.165) is 23.6 Å². The van der Waals surface area contributed by atoms with Crippen LogP contribution >= 0.6 is 0 Å². The lowest BCUT2D eigenvalue weighted by Crippen LogP contribution is -2.07. The number of aryl methyl sites for hydroxylation is 3. The topological polar surface area (TPSA) is 55.1 Å². The van der Waals surface area contributed by atoms with Gasteiger partial charge in [-0.3, -0.25) is 4.40 Å². The van der Waals surface area contributed by atoms with Crippen molar-refractivity contribution in [2.24, 2.45) is 0 Å². The van der Waals surface area contributed by atoms with Crippen LogP contribution in [-0.2, 0) is 6.42 Å². The van der Waals surface area contributed by atoms with E-state index < -0.39 is 0 Å². The Morgan fingerprint density at radius 2 is 1.95 bits per heavy atom. The molecule has 0 aliphatic heterocycles. The minimum Gasteiger partial charge on any atom is -0.341 e. The highest BCUT2D eigenvalue weighted by atomic mass is 15.3. The number of benzene rings is 1. The number of anilines is 2. The number of nitrogens with zero attached hydrogens (tertiary/aromatic N) is 4. The SMILES string of the molecule is CCc1c(C)nc2nncn2c1Nc1ccc(C)c(C)c1. The maximum atomic E-state index is 4.49. The van der Waals surface area contributed by atoms with Gasteiger partial charge in [0.15, 0.2) is 0 Å². The first-order valence-corrected chi connectivity index (χ1v) is 7.13. The van der Waals surface area contributed by atoms with E-state index in [0.29, 0.717) is 5.78 Å². The van der Waals surface area contributed by atoms with Crippen molar-refractivity contribution in [1.82, 2.24) is 19.6 Å². The number of aromatic nitrogens is 4. The molecule has 1 N–H and O–H groups in total. The molecule has 5 heteroatoms. The molecule has 21 heavy (non-hydrogen) atoms. The van der Waals surface area contributed by atoms with Crippen molar-refractivity contribution < 1.29 is 0 Å². The van der Waals surface area contributed by atoms with E-state index in [1.807, 2.05) is 11.3 Å². The van der Waals surface area contributed by atoms with Gasteiger partial charge in [0.25, 0.3) is 5.78 Å². The maximum absolute atomic E-state index is 4.49. The molecule has 0 amide bonds. The summed E-state index contributed by atoms with van der Waals surface area (Å²) in [5.41, 5.74) is 5.79. The van der Waals surface area contributed by atoms with E-state index in [1.165, 1.54) is 16.7 Å². The Labute approximate surface area is 124 Å². The highest BCUT2D eigenvalue weighted by Gasteiger charge is 2.12. The number of rotatable bonds is 3. The molecule has 0 fully saturated rings. The summed E-state index contributed by atoms with van der Waals surface area (Å²) >= 11 is 0. The third-order valence-corrected chi connectivity index (χ3v) is 3.88. The Kier molecular flexibility index (Phi) is 3.33. The van der Waals surface area contributed by atoms with Gasteiger partial charge in [0.2, 0.25) is 0 Å². The molecular formula is C16H19N5. The van der Waals surface area contributed by atoms with Gasteiger partial charge in [-0.15, -0.1) is 10.2 Å². The molecule has 3 aromatic rings. The Balaban J connectivity index is 2.14. The van der Waals surface area contributed by atoms with Gasteiger partial charge in [-0.1, -0.05) is 13.0 Å². The molecule has 1 aromatic carbocycles. The quantitative estimate of drug-likeness (QED) is 0.800. The summed E-state index contributed by atoms with van der Waals surface area (Å²) in [6, 6.07) is 6.37. The van der Waals surface area contributed by atoms with Crippen LogP contribution < -0.4 is 5.32 Å². The number of hydrogen-bond acceptors (Lipinski definition) is 4. The summed E-state index contributed by atoms with van der Waals surface area (Å²) in [6.07, 6.45) is 2.60. The van der Waals surface area contributed by atoms with Crippen molar-refractivity contribution in [2.75, 3.05) is 5.32 Å². The number of hydrogen-bond donors (Lipinski definition) is 1. The highest BCUT2D eigenvalue weighted by Crippen LogP contribution is 2.25. The molecule has 0 radical (unpaired) electrons. The molecule has 0 unspecified atom stereocenters. The molecule has 2 aromatic heterocycles. The van der Waals surface area contributed by atoms with E-state index in [1.54, 1.807) is 6.33 Å². The van der Waals surface area contributed by atoms with Crippen molar-refractivity contribution in [2.45, 2.75) is 34.1 Å². The molecule has 2 heterocycles. The van der Waals surface area contributed by atoms with Gasteiger partial charge in [-0.2, -0.15) is 0 Å². The van der Waals surface area contributed by atoms with Crippen molar-refractivity contribution in [1.29, 1.82) is 0 Å². The van der Waals surface area contributed by atoms with Crippen LogP contribution in [0.2, 0.25) is 0 Å². The van der Waals surface area contributed by atoms with E-state index in [9.17, 15) is 0 Å². The normalized spacial score (nSPS) is 11.0. The smallest absolute Gasteiger partial charge is 0.256 e. The first-order valence-electron chi connectivity index (χ1n) is 7.13. The van der Waals surface area contributed by atoms with Crippen LogP contribution in [0.4, 0.5) is 11.5 Å². The van der Waals surface area contributed by atoms with Crippen molar-refractivity contribution in [3.63, 3.8) is 0 Å². The third kappa shape index (κ3) is 2.35. The predicted molar refractivity (Wildman–Crippen MR) is 84.1 cm³/mol. The lowest BCUT2D eigenvalue weighted by molar-refractivity contribution is 0.986. The molecule has 0 aliphatic rings. The Morgan fingerprint density at radius 3 is 2.67 bits per heavy atom. The van der Waals surface area contributed by atoms with Crippen molar-refractivity contribution >= 4 is 17.3 Å². The summed E-state index contributed by atoms with van der Waals surface area (Å²) in [7, 11) is 0. The van der Waals surface area contributed by atoms with E-state index in [2.05, 4.69) is 59.5 Å². The zero-order valence-electron chi connectivity index (χ0n) is 12.8. The van der Waals surface area contributed by atoms with Gasteiger partial charge >= 0.3 is 0 Å². The highest BCUT2D eigenvalue weighted by molar-refractivity contribution is 5.64. The average molecular weight is 281 g/mol. The lowest BCUT2D eigenvalue weighted by atomic mass is 10.1. The van der Waals surface area contributed by atoms with Crippen molar-refractivity contribution in [3.05, 3.63) is 46.9 Å². The second kappa shape index (κ2) is 5.16. The summed E-state index contributed by atoms with van der Waals surface area (Å²) in [6.45, 7) is 8.38. The molecule has 108 valence electrons. The van der Waals surface area contributed by atoms with Gasteiger partial charge in [-0.05, 0) is 50.5 Å². The molecule has 0 spiro atoms. The molecule has 0 saturated carbocycles. The summed E-state index contributed by atoms with van der Waals surface area (Å²) in [5, 5.41) is 11.5. The van der Waals surface area contributed by atoms with Gasteiger partial charge in [0.1, 0.15) is 12.1 Å². The summed E-state index contributed by atoms with van der Waals surface area (Å²) < 4.78 is 1.90. The molecule has 0 bridgehead atoms. The van der Waals surface area contributed by atoms with E-state index >= 15 is 0 Å². The summed E-state index contributed by atoms with van der Waals surface area (Å²) in [4.78, 5) is 4.49. The van der Waals surface area contributed by atoms with Gasteiger partial charge in [0.05, 0.1) is 0 Å². The fraction of sp³-hybridized carbons (Fsp3) is 0.312. The van der Waals surface area contributed by atoms with Crippen molar-refractivity contribution in [3.8, 4) is 0 Å². The molecular weight excluding hydrogens is 262 g/mol. The Hall–Kier alpha value is -2.43. The molecule has 5 nitrogen and oxygen atoms in total. The monoisotopic (exact) mass is 281 g/mol. The lowest BCUT2D eigenvalue weighted by Gasteiger charge is -2.15. The van der Waals surface area contributed by atoms with Crippen LogP contribution in [0.15, 0.2) is 24.5 Å². The largest absolute Gasteiger partial charge is 0.341 e. The zero-order valence-corrected chi connectivity index (χ0v) is 12.8. The standard InChI is InChI=1S/C16H19N5/c1-5-14-12(4)18-16-20-17-9-21(16)15(14)19-13-7-6-10(2)11(3)8-13/h6-9,19H,5H2,1-4H3. The van der Waals surface area contributed by atoms with Crippen LogP contribution in [0.3, 0.4) is 0 Å². The average Bonchev–Trinajstić information content (AvgIpc) is 2.91. The van der Waals surface area contributed by atoms with Crippen LogP contribution in [0.5, 0.6) is 0 Å². The van der Waals surface area contributed by atoms with Crippen LogP contribution in [0.1, 0.15) is 29.3 Å². The van der Waals surface area contributed by atoms with Crippen LogP contribution in [0, 0.1) is 20.8 Å². The van der Waals surface area contributed by atoms with E-state index in [-0.39, 0.29) is 0 Å².